The van der Waals surface area contributed by atoms with Crippen LogP contribution in [0.15, 0.2) is 18.2 Å². The zero-order chi connectivity index (χ0) is 19.3. The van der Waals surface area contributed by atoms with Crippen molar-refractivity contribution in [2.75, 3.05) is 26.2 Å². The van der Waals surface area contributed by atoms with E-state index >= 15 is 0 Å². The van der Waals surface area contributed by atoms with E-state index in [1.54, 1.807) is 10.7 Å². The summed E-state index contributed by atoms with van der Waals surface area (Å²) in [6.45, 7) is 5.63. The quantitative estimate of drug-likeness (QED) is 0.869. The summed E-state index contributed by atoms with van der Waals surface area (Å²) < 4.78 is 16.3. The number of halogens is 1. The summed E-state index contributed by atoms with van der Waals surface area (Å²) in [7, 11) is 0. The highest BCUT2D eigenvalue weighted by Crippen LogP contribution is 2.38. The second-order valence-corrected chi connectivity index (χ2v) is 8.71. The Kier molecular flexibility index (Phi) is 4.27. The van der Waals surface area contributed by atoms with Crippen molar-refractivity contribution in [1.29, 1.82) is 0 Å². The second kappa shape index (κ2) is 6.69. The Labute approximate surface area is 164 Å². The average molecular weight is 382 g/mol. The minimum atomic E-state index is -0.287. The molecular weight excluding hydrogens is 355 g/mol. The van der Waals surface area contributed by atoms with Crippen molar-refractivity contribution in [1.82, 2.24) is 20.0 Å². The van der Waals surface area contributed by atoms with Gasteiger partial charge in [-0.1, -0.05) is 6.07 Å². The summed E-state index contributed by atoms with van der Waals surface area (Å²) in [5.74, 6) is -0.268. The fourth-order valence-electron chi connectivity index (χ4n) is 5.15. The molecule has 6 heteroatoms. The predicted octanol–water partition coefficient (Wildman–Crippen LogP) is 3.02. The minimum Gasteiger partial charge on any atom is -0.337 e. The molecule has 3 aliphatic rings. The summed E-state index contributed by atoms with van der Waals surface area (Å²) in [5.41, 5.74) is 4.26. The lowest BCUT2D eigenvalue weighted by Gasteiger charge is -2.38. The molecule has 1 aromatic heterocycles. The van der Waals surface area contributed by atoms with Crippen molar-refractivity contribution >= 4 is 5.91 Å². The minimum absolute atomic E-state index is 0.0187. The zero-order valence-corrected chi connectivity index (χ0v) is 16.4. The summed E-state index contributed by atoms with van der Waals surface area (Å²) >= 11 is 0. The normalized spacial score (nSPS) is 20.7. The maximum Gasteiger partial charge on any atom is 0.274 e. The summed E-state index contributed by atoms with van der Waals surface area (Å²) in [4.78, 5) is 15.2. The van der Waals surface area contributed by atoms with Gasteiger partial charge in [-0.15, -0.1) is 0 Å². The third-order valence-corrected chi connectivity index (χ3v) is 6.91. The number of rotatable bonds is 2. The molecule has 1 spiro atoms. The molecule has 1 N–H and O–H groups in total. The van der Waals surface area contributed by atoms with Crippen LogP contribution in [0, 0.1) is 18.2 Å². The van der Waals surface area contributed by atoms with Gasteiger partial charge in [0.15, 0.2) is 5.69 Å². The highest BCUT2D eigenvalue weighted by molar-refractivity contribution is 5.94. The molecule has 0 saturated carbocycles. The largest absolute Gasteiger partial charge is 0.337 e. The maximum atomic E-state index is 14.6. The van der Waals surface area contributed by atoms with Gasteiger partial charge in [-0.3, -0.25) is 4.79 Å². The van der Waals surface area contributed by atoms with E-state index in [1.807, 2.05) is 17.9 Å². The van der Waals surface area contributed by atoms with Gasteiger partial charge in [-0.25, -0.2) is 9.07 Å². The number of carbonyl (C=O) groups is 1. The van der Waals surface area contributed by atoms with Crippen LogP contribution in [-0.4, -0.2) is 46.8 Å². The maximum absolute atomic E-state index is 14.6. The molecule has 5 nitrogen and oxygen atoms in total. The van der Waals surface area contributed by atoms with E-state index in [2.05, 4.69) is 10.4 Å². The molecule has 0 bridgehead atoms. The van der Waals surface area contributed by atoms with Gasteiger partial charge in [0.1, 0.15) is 11.5 Å². The first kappa shape index (κ1) is 17.9. The SMILES string of the molecule is Cc1ccc(-n2nc(C(=O)N3CCC4(CCNC4)CC3)c3c2CCC3)c(F)c1. The van der Waals surface area contributed by atoms with Gasteiger partial charge in [-0.05, 0) is 75.1 Å². The molecule has 0 radical (unpaired) electrons. The summed E-state index contributed by atoms with van der Waals surface area (Å²) in [6, 6.07) is 5.19. The third kappa shape index (κ3) is 2.85. The van der Waals surface area contributed by atoms with Crippen molar-refractivity contribution in [3.63, 3.8) is 0 Å². The topological polar surface area (TPSA) is 50.2 Å². The lowest BCUT2D eigenvalue weighted by atomic mass is 9.78. The smallest absolute Gasteiger partial charge is 0.274 e. The van der Waals surface area contributed by atoms with E-state index in [4.69, 9.17) is 0 Å². The first-order valence-corrected chi connectivity index (χ1v) is 10.4. The van der Waals surface area contributed by atoms with Gasteiger partial charge in [0.2, 0.25) is 0 Å². The standard InChI is InChI=1S/C22H27FN4O/c1-15-5-6-19(17(23)13-15)27-18-4-2-3-16(18)20(25-27)21(28)26-11-8-22(9-12-26)7-10-24-14-22/h5-6,13,24H,2-4,7-12,14H2,1H3. The molecule has 0 unspecified atom stereocenters. The van der Waals surface area contributed by atoms with Crippen LogP contribution in [0.25, 0.3) is 5.69 Å². The number of nitrogens with one attached hydrogen (secondary N) is 1. The Hall–Kier alpha value is -2.21. The highest BCUT2D eigenvalue weighted by atomic mass is 19.1. The first-order chi connectivity index (χ1) is 13.6. The Balaban J connectivity index is 1.44. The van der Waals surface area contributed by atoms with E-state index in [-0.39, 0.29) is 11.7 Å². The number of fused-ring (bicyclic) bond motifs is 1. The van der Waals surface area contributed by atoms with E-state index < -0.39 is 0 Å². The van der Waals surface area contributed by atoms with Gasteiger partial charge in [0.25, 0.3) is 5.91 Å². The number of aromatic nitrogens is 2. The highest BCUT2D eigenvalue weighted by Gasteiger charge is 2.39. The fourth-order valence-corrected chi connectivity index (χ4v) is 5.15. The Bertz CT molecular complexity index is 919. The first-order valence-electron chi connectivity index (χ1n) is 10.4. The lowest BCUT2D eigenvalue weighted by molar-refractivity contribution is 0.0600. The van der Waals surface area contributed by atoms with Crippen LogP contribution < -0.4 is 5.32 Å². The monoisotopic (exact) mass is 382 g/mol. The van der Waals surface area contributed by atoms with Gasteiger partial charge in [-0.2, -0.15) is 5.10 Å². The molecule has 2 aliphatic heterocycles. The molecule has 2 saturated heterocycles. The molecule has 1 amide bonds. The number of hydrogen-bond donors (Lipinski definition) is 1. The Morgan fingerprint density at radius 3 is 2.75 bits per heavy atom. The number of benzene rings is 1. The molecule has 148 valence electrons. The average Bonchev–Trinajstić information content (AvgIpc) is 3.40. The second-order valence-electron chi connectivity index (χ2n) is 8.71. The van der Waals surface area contributed by atoms with Crippen LogP contribution in [-0.2, 0) is 12.8 Å². The number of nitrogens with zero attached hydrogens (tertiary/aromatic N) is 3. The van der Waals surface area contributed by atoms with E-state index in [1.165, 1.54) is 12.5 Å². The number of carbonyl (C=O) groups excluding carboxylic acids is 1. The Morgan fingerprint density at radius 1 is 1.21 bits per heavy atom. The number of piperidine rings is 1. The van der Waals surface area contributed by atoms with E-state index in [0.717, 1.165) is 75.1 Å². The number of aryl methyl sites for hydroxylation is 1. The van der Waals surface area contributed by atoms with Gasteiger partial charge in [0.05, 0.1) is 0 Å². The molecule has 28 heavy (non-hydrogen) atoms. The Morgan fingerprint density at radius 2 is 2.04 bits per heavy atom. The number of hydrogen-bond acceptors (Lipinski definition) is 3. The molecule has 2 aromatic rings. The van der Waals surface area contributed by atoms with Crippen molar-refractivity contribution in [2.45, 2.75) is 45.4 Å². The van der Waals surface area contributed by atoms with Crippen LogP contribution in [0.3, 0.4) is 0 Å². The molecule has 1 aromatic carbocycles. The van der Waals surface area contributed by atoms with Crippen molar-refractivity contribution in [3.05, 3.63) is 46.5 Å². The van der Waals surface area contributed by atoms with Crippen LogP contribution in [0.4, 0.5) is 4.39 Å². The van der Waals surface area contributed by atoms with Gasteiger partial charge in [0, 0.05) is 30.9 Å². The van der Waals surface area contributed by atoms with Crippen molar-refractivity contribution in [2.24, 2.45) is 5.41 Å². The van der Waals surface area contributed by atoms with E-state index in [0.29, 0.717) is 16.8 Å². The van der Waals surface area contributed by atoms with Crippen molar-refractivity contribution < 1.29 is 9.18 Å². The van der Waals surface area contributed by atoms with Crippen LogP contribution in [0.2, 0.25) is 0 Å². The molecule has 2 fully saturated rings. The predicted molar refractivity (Wildman–Crippen MR) is 105 cm³/mol. The zero-order valence-electron chi connectivity index (χ0n) is 16.4. The molecule has 3 heterocycles. The molecular formula is C22H27FN4O. The number of amides is 1. The van der Waals surface area contributed by atoms with Gasteiger partial charge >= 0.3 is 0 Å². The van der Waals surface area contributed by atoms with Crippen LogP contribution in [0.5, 0.6) is 0 Å². The summed E-state index contributed by atoms with van der Waals surface area (Å²) in [6.07, 6.45) is 6.02. The summed E-state index contributed by atoms with van der Waals surface area (Å²) in [5, 5.41) is 8.10. The number of likely N-dealkylation sites (tertiary alicyclic amines) is 1. The third-order valence-electron chi connectivity index (χ3n) is 6.91. The molecule has 5 rings (SSSR count). The van der Waals surface area contributed by atoms with Crippen LogP contribution >= 0.6 is 0 Å². The van der Waals surface area contributed by atoms with Crippen LogP contribution in [0.1, 0.15) is 53.0 Å². The lowest BCUT2D eigenvalue weighted by Crippen LogP contribution is -2.44. The van der Waals surface area contributed by atoms with E-state index in [9.17, 15) is 9.18 Å². The van der Waals surface area contributed by atoms with Gasteiger partial charge < -0.3 is 10.2 Å². The molecule has 0 atom stereocenters. The molecule has 1 aliphatic carbocycles. The van der Waals surface area contributed by atoms with Crippen molar-refractivity contribution in [3.8, 4) is 5.69 Å². The fraction of sp³-hybridized carbons (Fsp3) is 0.545.